The number of hydrogen-bond donors (Lipinski definition) is 1. The number of carbonyl (C=O) groups excluding carboxylic acids is 1. The van der Waals surface area contributed by atoms with Crippen LogP contribution in [-0.2, 0) is 4.79 Å². The maximum absolute atomic E-state index is 12.9. The minimum Gasteiger partial charge on any atom is -0.342 e. The van der Waals surface area contributed by atoms with Crippen LogP contribution in [0.5, 0.6) is 0 Å². The van der Waals surface area contributed by atoms with Gasteiger partial charge in [-0.25, -0.2) is 0 Å². The van der Waals surface area contributed by atoms with E-state index in [1.807, 2.05) is 37.3 Å². The molecule has 2 heterocycles. The Kier molecular flexibility index (Phi) is 9.94. The molecule has 0 aromatic heterocycles. The summed E-state index contributed by atoms with van der Waals surface area (Å²) >= 11 is 0. The fraction of sp³-hybridized carbons (Fsp3) is 0.650. The van der Waals surface area contributed by atoms with Gasteiger partial charge in [-0.2, -0.15) is 0 Å². The summed E-state index contributed by atoms with van der Waals surface area (Å²) in [6.45, 7) is 6.23. The van der Waals surface area contributed by atoms with Gasteiger partial charge in [-0.1, -0.05) is 37.3 Å². The van der Waals surface area contributed by atoms with Crippen LogP contribution >= 0.6 is 24.8 Å². The van der Waals surface area contributed by atoms with E-state index in [4.69, 9.17) is 5.73 Å². The quantitative estimate of drug-likeness (QED) is 0.837. The fourth-order valence-corrected chi connectivity index (χ4v) is 4.18. The lowest BCUT2D eigenvalue weighted by Crippen LogP contribution is -2.40. The number of carbonyl (C=O) groups is 1. The average Bonchev–Trinajstić information content (AvgIpc) is 3.05. The monoisotopic (exact) mass is 401 g/mol. The van der Waals surface area contributed by atoms with Crippen molar-refractivity contribution in [2.24, 2.45) is 11.7 Å². The van der Waals surface area contributed by atoms with E-state index in [0.29, 0.717) is 6.04 Å². The van der Waals surface area contributed by atoms with Gasteiger partial charge in [0.05, 0.1) is 5.92 Å². The second kappa shape index (κ2) is 11.1. The van der Waals surface area contributed by atoms with Crippen molar-refractivity contribution >= 4 is 30.7 Å². The number of nitrogens with two attached hydrogens (primary N) is 1. The first-order chi connectivity index (χ1) is 11.7. The lowest BCUT2D eigenvalue weighted by atomic mass is 9.94. The number of nitrogens with zero attached hydrogens (tertiary/aromatic N) is 2. The number of amides is 1. The first-order valence-corrected chi connectivity index (χ1v) is 9.50. The van der Waals surface area contributed by atoms with E-state index < -0.39 is 0 Å². The molecule has 0 spiro atoms. The predicted octanol–water partition coefficient (Wildman–Crippen LogP) is 3.64. The topological polar surface area (TPSA) is 49.6 Å². The molecular formula is C20H33Cl2N3O. The molecule has 1 amide bonds. The molecule has 0 aliphatic carbocycles. The van der Waals surface area contributed by atoms with Gasteiger partial charge in [0.2, 0.25) is 5.91 Å². The molecule has 2 saturated heterocycles. The van der Waals surface area contributed by atoms with Gasteiger partial charge in [0.15, 0.2) is 0 Å². The molecule has 0 bridgehead atoms. The summed E-state index contributed by atoms with van der Waals surface area (Å²) in [7, 11) is 0. The Hall–Kier alpha value is -0.810. The molecule has 0 radical (unpaired) electrons. The van der Waals surface area contributed by atoms with Gasteiger partial charge in [0.25, 0.3) is 0 Å². The molecule has 1 aromatic rings. The molecule has 3 unspecified atom stereocenters. The highest BCUT2D eigenvalue weighted by molar-refractivity contribution is 5.85. The van der Waals surface area contributed by atoms with Gasteiger partial charge in [0, 0.05) is 25.2 Å². The lowest BCUT2D eigenvalue weighted by Gasteiger charge is -2.29. The van der Waals surface area contributed by atoms with E-state index in [1.165, 1.54) is 32.4 Å². The number of halogens is 2. The van der Waals surface area contributed by atoms with E-state index in [2.05, 4.69) is 9.80 Å². The molecule has 2 aliphatic rings. The molecule has 6 heteroatoms. The second-order valence-corrected chi connectivity index (χ2v) is 7.38. The maximum Gasteiger partial charge on any atom is 0.227 e. The Labute approximate surface area is 170 Å². The molecule has 1 aromatic carbocycles. The number of benzene rings is 1. The van der Waals surface area contributed by atoms with Crippen LogP contribution in [0, 0.1) is 5.92 Å². The van der Waals surface area contributed by atoms with Crippen LogP contribution in [0.4, 0.5) is 0 Å². The third-order valence-electron chi connectivity index (χ3n) is 5.78. The first kappa shape index (κ1) is 23.2. The maximum atomic E-state index is 12.9. The van der Waals surface area contributed by atoms with Gasteiger partial charge in [0.1, 0.15) is 0 Å². The van der Waals surface area contributed by atoms with Gasteiger partial charge in [-0.15, -0.1) is 24.8 Å². The van der Waals surface area contributed by atoms with Crippen LogP contribution in [0.25, 0.3) is 0 Å². The van der Waals surface area contributed by atoms with E-state index in [-0.39, 0.29) is 42.7 Å². The van der Waals surface area contributed by atoms with Crippen molar-refractivity contribution in [3.8, 4) is 0 Å². The van der Waals surface area contributed by atoms with Crippen LogP contribution in [0.1, 0.15) is 50.6 Å². The zero-order valence-corrected chi connectivity index (χ0v) is 17.3. The summed E-state index contributed by atoms with van der Waals surface area (Å²) in [5, 5.41) is 0. The summed E-state index contributed by atoms with van der Waals surface area (Å²) in [5.74, 6) is 0.0455. The highest BCUT2D eigenvalue weighted by Crippen LogP contribution is 2.25. The Bertz CT molecular complexity index is 537. The summed E-state index contributed by atoms with van der Waals surface area (Å²) < 4.78 is 0. The van der Waals surface area contributed by atoms with Crippen LogP contribution in [0.15, 0.2) is 30.3 Å². The van der Waals surface area contributed by atoms with E-state index >= 15 is 0 Å². The van der Waals surface area contributed by atoms with Crippen molar-refractivity contribution in [2.45, 2.75) is 51.1 Å². The number of likely N-dealkylation sites (tertiary alicyclic amines) is 2. The molecule has 26 heavy (non-hydrogen) atoms. The smallest absolute Gasteiger partial charge is 0.227 e. The minimum absolute atomic E-state index is 0. The highest BCUT2D eigenvalue weighted by Gasteiger charge is 2.30. The van der Waals surface area contributed by atoms with Crippen molar-refractivity contribution in [1.29, 1.82) is 0 Å². The van der Waals surface area contributed by atoms with Crippen LogP contribution < -0.4 is 5.73 Å². The standard InChI is InChI=1S/C20H31N3O.2ClH/c1-16(19(21)17-8-3-2-4-9-17)20(24)23-14-7-10-18(11-15-23)22-12-5-6-13-22;;/h2-4,8-9,16,18-19H,5-7,10-15,21H2,1H3;2*1H. The molecule has 2 N–H and O–H groups in total. The number of rotatable bonds is 4. The minimum atomic E-state index is -0.226. The van der Waals surface area contributed by atoms with Gasteiger partial charge < -0.3 is 15.5 Å². The molecule has 2 fully saturated rings. The zero-order valence-electron chi connectivity index (χ0n) is 15.7. The van der Waals surface area contributed by atoms with Crippen molar-refractivity contribution < 1.29 is 4.79 Å². The summed E-state index contributed by atoms with van der Waals surface area (Å²) in [4.78, 5) is 17.6. The Morgan fingerprint density at radius 3 is 2.31 bits per heavy atom. The Morgan fingerprint density at radius 1 is 1.00 bits per heavy atom. The zero-order chi connectivity index (χ0) is 16.9. The molecule has 2 aliphatic heterocycles. The first-order valence-electron chi connectivity index (χ1n) is 9.50. The van der Waals surface area contributed by atoms with Crippen molar-refractivity contribution in [1.82, 2.24) is 9.80 Å². The largest absolute Gasteiger partial charge is 0.342 e. The van der Waals surface area contributed by atoms with Crippen LogP contribution in [0.3, 0.4) is 0 Å². The van der Waals surface area contributed by atoms with Crippen LogP contribution in [0.2, 0.25) is 0 Å². The lowest BCUT2D eigenvalue weighted by molar-refractivity contribution is -0.135. The molecule has 148 valence electrons. The predicted molar refractivity (Wildman–Crippen MR) is 112 cm³/mol. The summed E-state index contributed by atoms with van der Waals surface area (Å²) in [6, 6.07) is 10.4. The molecule has 0 saturated carbocycles. The molecular weight excluding hydrogens is 369 g/mol. The van der Waals surface area contributed by atoms with E-state index in [0.717, 1.165) is 31.5 Å². The molecule has 4 nitrogen and oxygen atoms in total. The SMILES string of the molecule is CC(C(=O)N1CCCC(N2CCCC2)CC1)C(N)c1ccccc1.Cl.Cl. The van der Waals surface area contributed by atoms with Crippen LogP contribution in [-0.4, -0.2) is 47.9 Å². The van der Waals surface area contributed by atoms with Gasteiger partial charge in [-0.05, 0) is 50.8 Å². The van der Waals surface area contributed by atoms with Gasteiger partial charge in [-0.3, -0.25) is 4.79 Å². The normalized spacial score (nSPS) is 23.3. The average molecular weight is 402 g/mol. The highest BCUT2D eigenvalue weighted by atomic mass is 35.5. The fourth-order valence-electron chi connectivity index (χ4n) is 4.18. The van der Waals surface area contributed by atoms with E-state index in [1.54, 1.807) is 0 Å². The molecule has 3 rings (SSSR count). The Balaban J connectivity index is 0.00000169. The Morgan fingerprint density at radius 2 is 1.65 bits per heavy atom. The second-order valence-electron chi connectivity index (χ2n) is 7.38. The van der Waals surface area contributed by atoms with Crippen molar-refractivity contribution in [2.75, 3.05) is 26.2 Å². The summed E-state index contributed by atoms with van der Waals surface area (Å²) in [5.41, 5.74) is 7.40. The molecule has 3 atom stereocenters. The van der Waals surface area contributed by atoms with E-state index in [9.17, 15) is 4.79 Å². The van der Waals surface area contributed by atoms with Crippen molar-refractivity contribution in [3.05, 3.63) is 35.9 Å². The third kappa shape index (κ3) is 5.59. The number of hydrogen-bond acceptors (Lipinski definition) is 3. The third-order valence-corrected chi connectivity index (χ3v) is 5.78. The van der Waals surface area contributed by atoms with Gasteiger partial charge >= 0.3 is 0 Å². The summed E-state index contributed by atoms with van der Waals surface area (Å²) in [6.07, 6.45) is 6.12. The van der Waals surface area contributed by atoms with Crippen molar-refractivity contribution in [3.63, 3.8) is 0 Å².